The number of hydrogen-bond acceptors (Lipinski definition) is 8. The zero-order chi connectivity index (χ0) is 21.0. The number of primary amides is 1. The molecule has 28 heavy (non-hydrogen) atoms. The Morgan fingerprint density at radius 2 is 2.07 bits per heavy atom. The normalized spacial score (nSPS) is 10.5. The smallest absolute Gasteiger partial charge is 0.341 e. The second-order valence-corrected chi connectivity index (χ2v) is 6.88. The number of hydrogen-bond donors (Lipinski definition) is 2. The fraction of sp³-hybridized carbons (Fsp3) is 0.375. The van der Waals surface area contributed by atoms with Gasteiger partial charge >= 0.3 is 11.7 Å². The molecule has 0 unspecified atom stereocenters. The molecule has 2 amide bonds. The van der Waals surface area contributed by atoms with Gasteiger partial charge in [0.2, 0.25) is 5.91 Å². The standard InChI is InChI=1S/C16H19N5O6S/c1-4-5-27-16(24)12-8(2)13(14(17)23)28-15(12)18-11(22)7-20-6-10(21(25)26)9(3)19-20/h6H,4-5,7H2,1-3H3,(H2,17,23)(H,18,22). The highest BCUT2D eigenvalue weighted by Crippen LogP contribution is 2.33. The van der Waals surface area contributed by atoms with E-state index in [-0.39, 0.29) is 40.0 Å². The summed E-state index contributed by atoms with van der Waals surface area (Å²) >= 11 is 0.863. The summed E-state index contributed by atoms with van der Waals surface area (Å²) in [6.07, 6.45) is 1.75. The first-order valence-electron chi connectivity index (χ1n) is 8.24. The number of carbonyl (C=O) groups is 3. The number of ether oxygens (including phenoxy) is 1. The maximum absolute atomic E-state index is 12.3. The minimum Gasteiger partial charge on any atom is -0.462 e. The number of anilines is 1. The summed E-state index contributed by atoms with van der Waals surface area (Å²) in [6.45, 7) is 4.69. The molecular weight excluding hydrogens is 390 g/mol. The van der Waals surface area contributed by atoms with Crippen LogP contribution in [0.1, 0.15) is 44.6 Å². The third-order valence-corrected chi connectivity index (χ3v) is 4.91. The summed E-state index contributed by atoms with van der Waals surface area (Å²) in [5, 5.41) is 17.4. The Labute approximate surface area is 163 Å². The SMILES string of the molecule is CCCOC(=O)c1c(NC(=O)Cn2cc([N+](=O)[O-])c(C)n2)sc(C(N)=O)c1C. The zero-order valence-corrected chi connectivity index (χ0v) is 16.3. The number of esters is 1. The molecule has 0 saturated heterocycles. The van der Waals surface area contributed by atoms with Crippen LogP contribution < -0.4 is 11.1 Å². The third-order valence-electron chi connectivity index (χ3n) is 3.69. The molecule has 0 aliphatic heterocycles. The van der Waals surface area contributed by atoms with Gasteiger partial charge in [0.05, 0.1) is 22.0 Å². The van der Waals surface area contributed by atoms with Crippen LogP contribution in [0.2, 0.25) is 0 Å². The molecule has 11 nitrogen and oxygen atoms in total. The zero-order valence-electron chi connectivity index (χ0n) is 15.5. The Morgan fingerprint density at radius 1 is 1.39 bits per heavy atom. The molecule has 0 saturated carbocycles. The second kappa shape index (κ2) is 8.61. The van der Waals surface area contributed by atoms with Gasteiger partial charge in [-0.25, -0.2) is 4.79 Å². The molecule has 0 bridgehead atoms. The minimum absolute atomic E-state index is 0.0585. The van der Waals surface area contributed by atoms with Gasteiger partial charge in [-0.05, 0) is 25.8 Å². The highest BCUT2D eigenvalue weighted by Gasteiger charge is 2.26. The van der Waals surface area contributed by atoms with Gasteiger partial charge in [0.25, 0.3) is 5.91 Å². The van der Waals surface area contributed by atoms with E-state index in [0.717, 1.165) is 22.2 Å². The highest BCUT2D eigenvalue weighted by molar-refractivity contribution is 7.18. The van der Waals surface area contributed by atoms with Crippen molar-refractivity contribution in [1.82, 2.24) is 9.78 Å². The van der Waals surface area contributed by atoms with E-state index in [0.29, 0.717) is 12.0 Å². The Morgan fingerprint density at radius 3 is 2.61 bits per heavy atom. The molecule has 2 aromatic heterocycles. The lowest BCUT2D eigenvalue weighted by atomic mass is 10.1. The maximum atomic E-state index is 12.3. The van der Waals surface area contributed by atoms with Crippen LogP contribution >= 0.6 is 11.3 Å². The fourth-order valence-corrected chi connectivity index (χ4v) is 3.49. The minimum atomic E-state index is -0.731. The van der Waals surface area contributed by atoms with Gasteiger partial charge in [0.1, 0.15) is 23.4 Å². The molecule has 150 valence electrons. The van der Waals surface area contributed by atoms with Crippen LogP contribution in [0, 0.1) is 24.0 Å². The van der Waals surface area contributed by atoms with E-state index in [1.807, 2.05) is 6.92 Å². The predicted molar refractivity (Wildman–Crippen MR) is 100 cm³/mol. The van der Waals surface area contributed by atoms with E-state index in [2.05, 4.69) is 10.4 Å². The Bertz CT molecular complexity index is 948. The van der Waals surface area contributed by atoms with Gasteiger partial charge in [-0.15, -0.1) is 11.3 Å². The summed E-state index contributed by atoms with van der Waals surface area (Å²) in [6, 6.07) is 0. The fourth-order valence-electron chi connectivity index (χ4n) is 2.43. The summed E-state index contributed by atoms with van der Waals surface area (Å²) in [7, 11) is 0. The molecule has 0 aliphatic carbocycles. The van der Waals surface area contributed by atoms with Crippen LogP contribution in [0.15, 0.2) is 6.20 Å². The maximum Gasteiger partial charge on any atom is 0.341 e. The topological polar surface area (TPSA) is 159 Å². The number of nitrogens with two attached hydrogens (primary N) is 1. The van der Waals surface area contributed by atoms with Gasteiger partial charge in [-0.1, -0.05) is 6.92 Å². The number of amides is 2. The van der Waals surface area contributed by atoms with Crippen molar-refractivity contribution < 1.29 is 24.0 Å². The summed E-state index contributed by atoms with van der Waals surface area (Å²) in [5.74, 6) is -1.99. The number of carbonyl (C=O) groups excluding carboxylic acids is 3. The lowest BCUT2D eigenvalue weighted by molar-refractivity contribution is -0.385. The highest BCUT2D eigenvalue weighted by atomic mass is 32.1. The molecule has 2 heterocycles. The average Bonchev–Trinajstić information content (AvgIpc) is 3.12. The number of nitro groups is 1. The second-order valence-electron chi connectivity index (χ2n) is 5.86. The van der Waals surface area contributed by atoms with E-state index in [9.17, 15) is 24.5 Å². The van der Waals surface area contributed by atoms with Crippen molar-refractivity contribution in [1.29, 1.82) is 0 Å². The lowest BCUT2D eigenvalue weighted by Gasteiger charge is -2.07. The summed E-state index contributed by atoms with van der Waals surface area (Å²) in [5.41, 5.74) is 5.67. The molecular formula is C16H19N5O6S. The van der Waals surface area contributed by atoms with Crippen LogP contribution in [-0.2, 0) is 16.1 Å². The Kier molecular flexibility index (Phi) is 6.46. The molecule has 0 atom stereocenters. The van der Waals surface area contributed by atoms with Gasteiger partial charge < -0.3 is 15.8 Å². The number of rotatable bonds is 8. The van der Waals surface area contributed by atoms with Crippen LogP contribution in [0.25, 0.3) is 0 Å². The molecule has 0 fully saturated rings. The average molecular weight is 409 g/mol. The predicted octanol–water partition coefficient (Wildman–Crippen LogP) is 1.77. The third kappa shape index (κ3) is 4.52. The summed E-state index contributed by atoms with van der Waals surface area (Å²) in [4.78, 5) is 46.7. The van der Waals surface area contributed by atoms with E-state index >= 15 is 0 Å². The van der Waals surface area contributed by atoms with E-state index < -0.39 is 22.7 Å². The number of nitrogens with zero attached hydrogens (tertiary/aromatic N) is 3. The van der Waals surface area contributed by atoms with Crippen LogP contribution in [0.5, 0.6) is 0 Å². The van der Waals surface area contributed by atoms with Crippen molar-refractivity contribution in [3.8, 4) is 0 Å². The largest absolute Gasteiger partial charge is 0.462 e. The number of thiophene rings is 1. The first kappa shape index (κ1) is 21.0. The van der Waals surface area contributed by atoms with Crippen molar-refractivity contribution in [3.05, 3.63) is 38.0 Å². The first-order chi connectivity index (χ1) is 13.1. The molecule has 2 rings (SSSR count). The molecule has 3 N–H and O–H groups in total. The summed E-state index contributed by atoms with van der Waals surface area (Å²) < 4.78 is 6.23. The number of nitrogens with one attached hydrogen (secondary N) is 1. The van der Waals surface area contributed by atoms with Crippen molar-refractivity contribution >= 4 is 39.8 Å². The number of aryl methyl sites for hydroxylation is 1. The van der Waals surface area contributed by atoms with Crippen LogP contribution in [0.3, 0.4) is 0 Å². The Hall–Kier alpha value is -3.28. The van der Waals surface area contributed by atoms with Crippen LogP contribution in [-0.4, -0.2) is 39.1 Å². The van der Waals surface area contributed by atoms with Gasteiger partial charge in [0.15, 0.2) is 0 Å². The van der Waals surface area contributed by atoms with Crippen molar-refractivity contribution in [2.45, 2.75) is 33.7 Å². The van der Waals surface area contributed by atoms with Gasteiger partial charge in [0, 0.05) is 0 Å². The monoisotopic (exact) mass is 409 g/mol. The van der Waals surface area contributed by atoms with E-state index in [1.54, 1.807) is 0 Å². The Balaban J connectivity index is 2.26. The van der Waals surface area contributed by atoms with Gasteiger partial charge in [-0.2, -0.15) is 5.10 Å². The molecule has 0 radical (unpaired) electrons. The van der Waals surface area contributed by atoms with Crippen molar-refractivity contribution in [2.75, 3.05) is 11.9 Å². The quantitative estimate of drug-likeness (QED) is 0.382. The van der Waals surface area contributed by atoms with Crippen molar-refractivity contribution in [2.24, 2.45) is 5.73 Å². The lowest BCUT2D eigenvalue weighted by Crippen LogP contribution is -2.20. The van der Waals surface area contributed by atoms with E-state index in [1.165, 1.54) is 13.8 Å². The van der Waals surface area contributed by atoms with Crippen molar-refractivity contribution in [3.63, 3.8) is 0 Å². The molecule has 12 heteroatoms. The van der Waals surface area contributed by atoms with Crippen LogP contribution in [0.4, 0.5) is 10.7 Å². The molecule has 0 spiro atoms. The molecule has 2 aromatic rings. The first-order valence-corrected chi connectivity index (χ1v) is 9.05. The molecule has 0 aromatic carbocycles. The van der Waals surface area contributed by atoms with E-state index in [4.69, 9.17) is 10.5 Å². The number of aromatic nitrogens is 2. The molecule has 0 aliphatic rings. The van der Waals surface area contributed by atoms with Gasteiger partial charge in [-0.3, -0.25) is 24.4 Å².